The Labute approximate surface area is 125 Å². The predicted octanol–water partition coefficient (Wildman–Crippen LogP) is 1.12. The minimum Gasteiger partial charge on any atom is -0.497 e. The predicted molar refractivity (Wildman–Crippen MR) is 80.4 cm³/mol. The molecule has 0 atom stereocenters. The first-order valence-electron chi connectivity index (χ1n) is 6.87. The first kappa shape index (κ1) is 16.1. The van der Waals surface area contributed by atoms with Gasteiger partial charge in [0, 0.05) is 11.6 Å². The number of hydrogen-bond acceptors (Lipinski definition) is 5. The molecule has 118 valence electrons. The summed E-state index contributed by atoms with van der Waals surface area (Å²) in [6.07, 6.45) is 1.50. The van der Waals surface area contributed by atoms with Crippen molar-refractivity contribution in [2.24, 2.45) is 0 Å². The van der Waals surface area contributed by atoms with Gasteiger partial charge in [0.2, 0.25) is 10.0 Å². The van der Waals surface area contributed by atoms with Gasteiger partial charge in [0.05, 0.1) is 14.2 Å². The van der Waals surface area contributed by atoms with Crippen molar-refractivity contribution in [2.45, 2.75) is 30.2 Å². The van der Waals surface area contributed by atoms with Crippen LogP contribution < -0.4 is 19.5 Å². The lowest BCUT2D eigenvalue weighted by Gasteiger charge is -2.34. The van der Waals surface area contributed by atoms with Crippen molar-refractivity contribution in [3.05, 3.63) is 18.2 Å². The topological polar surface area (TPSA) is 76.7 Å². The highest BCUT2D eigenvalue weighted by atomic mass is 32.2. The van der Waals surface area contributed by atoms with Gasteiger partial charge in [-0.05, 0) is 45.0 Å². The third kappa shape index (κ3) is 3.66. The van der Waals surface area contributed by atoms with E-state index in [-0.39, 0.29) is 4.90 Å². The van der Waals surface area contributed by atoms with Gasteiger partial charge in [-0.2, -0.15) is 0 Å². The number of ether oxygens (including phenoxy) is 2. The van der Waals surface area contributed by atoms with Crippen molar-refractivity contribution < 1.29 is 17.9 Å². The highest BCUT2D eigenvalue weighted by Crippen LogP contribution is 2.30. The molecule has 1 heterocycles. The largest absolute Gasteiger partial charge is 0.497 e. The minimum atomic E-state index is -3.68. The molecule has 1 aliphatic rings. The molecule has 7 heteroatoms. The zero-order chi connectivity index (χ0) is 15.5. The van der Waals surface area contributed by atoms with Gasteiger partial charge in [0.15, 0.2) is 0 Å². The van der Waals surface area contributed by atoms with Gasteiger partial charge in [-0.1, -0.05) is 0 Å². The molecule has 1 aromatic carbocycles. The van der Waals surface area contributed by atoms with Crippen LogP contribution in [0.4, 0.5) is 0 Å². The Hall–Kier alpha value is -1.31. The third-order valence-electron chi connectivity index (χ3n) is 3.75. The fourth-order valence-corrected chi connectivity index (χ4v) is 4.10. The summed E-state index contributed by atoms with van der Waals surface area (Å²) in [5, 5.41) is 3.23. The number of piperidine rings is 1. The van der Waals surface area contributed by atoms with Gasteiger partial charge < -0.3 is 14.8 Å². The molecule has 0 bridgehead atoms. The van der Waals surface area contributed by atoms with E-state index in [1.807, 2.05) is 6.92 Å². The van der Waals surface area contributed by atoms with Crippen molar-refractivity contribution in [3.63, 3.8) is 0 Å². The highest BCUT2D eigenvalue weighted by molar-refractivity contribution is 7.89. The average molecular weight is 314 g/mol. The van der Waals surface area contributed by atoms with Crippen molar-refractivity contribution in [1.82, 2.24) is 10.0 Å². The second-order valence-electron chi connectivity index (χ2n) is 5.43. The molecule has 1 aliphatic heterocycles. The molecule has 2 rings (SSSR count). The smallest absolute Gasteiger partial charge is 0.244 e. The van der Waals surface area contributed by atoms with E-state index in [2.05, 4.69) is 10.0 Å². The highest BCUT2D eigenvalue weighted by Gasteiger charge is 2.33. The Bertz CT molecular complexity index is 595. The summed E-state index contributed by atoms with van der Waals surface area (Å²) < 4.78 is 38.5. The lowest BCUT2D eigenvalue weighted by Crippen LogP contribution is -2.52. The van der Waals surface area contributed by atoms with Gasteiger partial charge in [-0.3, -0.25) is 0 Å². The second kappa shape index (κ2) is 6.21. The van der Waals surface area contributed by atoms with Crippen LogP contribution in [0, 0.1) is 0 Å². The molecule has 2 N–H and O–H groups in total. The summed E-state index contributed by atoms with van der Waals surface area (Å²) in [6.45, 7) is 3.53. The van der Waals surface area contributed by atoms with Crippen LogP contribution in [0.3, 0.4) is 0 Å². The van der Waals surface area contributed by atoms with E-state index in [4.69, 9.17) is 9.47 Å². The molecule has 0 amide bonds. The monoisotopic (exact) mass is 314 g/mol. The Morgan fingerprint density at radius 3 is 2.43 bits per heavy atom. The van der Waals surface area contributed by atoms with Crippen LogP contribution >= 0.6 is 0 Å². The summed E-state index contributed by atoms with van der Waals surface area (Å²) >= 11 is 0. The quantitative estimate of drug-likeness (QED) is 0.852. The van der Waals surface area contributed by atoms with E-state index < -0.39 is 15.6 Å². The summed E-state index contributed by atoms with van der Waals surface area (Å²) in [7, 11) is -0.725. The molecule has 0 saturated carbocycles. The molecule has 6 nitrogen and oxygen atoms in total. The van der Waals surface area contributed by atoms with Crippen LogP contribution in [0.15, 0.2) is 23.1 Å². The van der Waals surface area contributed by atoms with E-state index in [9.17, 15) is 8.42 Å². The van der Waals surface area contributed by atoms with Crippen molar-refractivity contribution >= 4 is 10.0 Å². The first-order chi connectivity index (χ1) is 9.90. The van der Waals surface area contributed by atoms with E-state index in [0.29, 0.717) is 11.5 Å². The van der Waals surface area contributed by atoms with Crippen LogP contribution in [-0.2, 0) is 10.0 Å². The minimum absolute atomic E-state index is 0.101. The normalized spacial score (nSPS) is 18.2. The lowest BCUT2D eigenvalue weighted by molar-refractivity contribution is 0.307. The SMILES string of the molecule is COc1ccc(OC)c(S(=O)(=O)NC2(C)CCNCC2)c1. The molecule has 21 heavy (non-hydrogen) atoms. The van der Waals surface area contributed by atoms with E-state index >= 15 is 0 Å². The number of hydrogen-bond donors (Lipinski definition) is 2. The van der Waals surface area contributed by atoms with Crippen LogP contribution in [0.5, 0.6) is 11.5 Å². The molecule has 1 aromatic rings. The van der Waals surface area contributed by atoms with Crippen LogP contribution in [0.1, 0.15) is 19.8 Å². The fourth-order valence-electron chi connectivity index (χ4n) is 2.45. The van der Waals surface area contributed by atoms with Gasteiger partial charge in [-0.25, -0.2) is 13.1 Å². The lowest BCUT2D eigenvalue weighted by atomic mass is 9.92. The Kier molecular flexibility index (Phi) is 4.75. The molecule has 0 spiro atoms. The molecule has 1 fully saturated rings. The average Bonchev–Trinajstić information content (AvgIpc) is 2.46. The van der Waals surface area contributed by atoms with Crippen molar-refractivity contribution in [2.75, 3.05) is 27.3 Å². The molecular weight excluding hydrogens is 292 g/mol. The maximum Gasteiger partial charge on any atom is 0.244 e. The van der Waals surface area contributed by atoms with Gasteiger partial charge in [-0.15, -0.1) is 0 Å². The number of nitrogens with one attached hydrogen (secondary N) is 2. The number of benzene rings is 1. The second-order valence-corrected chi connectivity index (χ2v) is 7.08. The van der Waals surface area contributed by atoms with Crippen LogP contribution in [0.25, 0.3) is 0 Å². The fraction of sp³-hybridized carbons (Fsp3) is 0.571. The Morgan fingerprint density at radius 1 is 1.19 bits per heavy atom. The van der Waals surface area contributed by atoms with Gasteiger partial charge in [0.25, 0.3) is 0 Å². The molecule has 0 unspecified atom stereocenters. The molecule has 1 saturated heterocycles. The first-order valence-corrected chi connectivity index (χ1v) is 8.35. The van der Waals surface area contributed by atoms with Crippen molar-refractivity contribution in [3.8, 4) is 11.5 Å². The molecule has 0 aliphatic carbocycles. The van der Waals surface area contributed by atoms with Crippen LogP contribution in [0.2, 0.25) is 0 Å². The zero-order valence-corrected chi connectivity index (χ0v) is 13.4. The summed E-state index contributed by atoms with van der Waals surface area (Å²) in [5.41, 5.74) is -0.446. The maximum atomic E-state index is 12.7. The Balaban J connectivity index is 2.34. The van der Waals surface area contributed by atoms with Gasteiger partial charge in [0.1, 0.15) is 16.4 Å². The third-order valence-corrected chi connectivity index (χ3v) is 5.41. The maximum absolute atomic E-state index is 12.7. The van der Waals surface area contributed by atoms with E-state index in [1.54, 1.807) is 12.1 Å². The standard InChI is InChI=1S/C14H22N2O4S/c1-14(6-8-15-9-7-14)16-21(17,18)13-10-11(19-2)4-5-12(13)20-3/h4-5,10,15-16H,6-9H2,1-3H3. The Morgan fingerprint density at radius 2 is 1.86 bits per heavy atom. The summed E-state index contributed by atoms with van der Waals surface area (Å²) in [6, 6.07) is 4.74. The van der Waals surface area contributed by atoms with E-state index in [1.165, 1.54) is 20.3 Å². The zero-order valence-electron chi connectivity index (χ0n) is 12.6. The van der Waals surface area contributed by atoms with Crippen molar-refractivity contribution in [1.29, 1.82) is 0 Å². The van der Waals surface area contributed by atoms with Crippen LogP contribution in [-0.4, -0.2) is 41.3 Å². The van der Waals surface area contributed by atoms with Gasteiger partial charge >= 0.3 is 0 Å². The number of sulfonamides is 1. The molecular formula is C14H22N2O4S. The summed E-state index contributed by atoms with van der Waals surface area (Å²) in [4.78, 5) is 0.101. The molecule has 0 aromatic heterocycles. The molecule has 0 radical (unpaired) electrons. The number of rotatable bonds is 5. The number of methoxy groups -OCH3 is 2. The van der Waals surface area contributed by atoms with E-state index in [0.717, 1.165) is 25.9 Å². The summed E-state index contributed by atoms with van der Waals surface area (Å²) in [5.74, 6) is 0.785.